The fourth-order valence-corrected chi connectivity index (χ4v) is 4.79. The maximum Gasteiger partial charge on any atom is 0.701 e. The van der Waals surface area contributed by atoms with E-state index in [9.17, 15) is 27.6 Å². The number of aliphatic hydroxyl groups is 1. The summed E-state index contributed by atoms with van der Waals surface area (Å²) in [7, 11) is -3.74. The van der Waals surface area contributed by atoms with E-state index in [2.05, 4.69) is 9.84 Å². The summed E-state index contributed by atoms with van der Waals surface area (Å²) >= 11 is 0. The van der Waals surface area contributed by atoms with Crippen LogP contribution in [0.15, 0.2) is 23.1 Å². The molecule has 1 aliphatic carbocycles. The summed E-state index contributed by atoms with van der Waals surface area (Å²) in [6.07, 6.45) is 0.00244. The minimum absolute atomic E-state index is 0.108. The highest BCUT2D eigenvalue weighted by atomic mass is 31.1. The molecular weight excluding hydrogens is 460 g/mol. The Balaban J connectivity index is 2.17. The van der Waals surface area contributed by atoms with Crippen LogP contribution in [0.1, 0.15) is 76.5 Å². The zero-order valence-electron chi connectivity index (χ0n) is 18.6. The van der Waals surface area contributed by atoms with E-state index in [1.807, 2.05) is 13.8 Å². The molecule has 182 valence electrons. The van der Waals surface area contributed by atoms with Crippen LogP contribution in [-0.4, -0.2) is 26.7 Å². The number of aromatic nitrogens is 1. The van der Waals surface area contributed by atoms with Gasteiger partial charge in [-0.1, -0.05) is 33.1 Å². The van der Waals surface area contributed by atoms with Crippen LogP contribution in [0.25, 0.3) is 10.9 Å². The molecule has 3 N–H and O–H groups in total. The van der Waals surface area contributed by atoms with E-state index in [1.54, 1.807) is 4.57 Å². The monoisotopic (exact) mass is 489 g/mol. The Kier molecular flexibility index (Phi) is 8.16. The number of pyridine rings is 1. The van der Waals surface area contributed by atoms with Crippen LogP contribution >= 0.6 is 8.25 Å². The molecule has 0 amide bonds. The van der Waals surface area contributed by atoms with Crippen LogP contribution in [0.3, 0.4) is 0 Å². The topological polar surface area (TPSA) is 101 Å². The highest BCUT2D eigenvalue weighted by Gasteiger charge is 2.50. The second-order valence-electron chi connectivity index (χ2n) is 8.41. The number of fused-ring (bicyclic) bond motifs is 1. The molecular formula is C22H29F3N2O5P+. The number of nitrogens with zero attached hydrogens (tertiary/aromatic N) is 1. The largest absolute Gasteiger partial charge is 0.701 e. The Morgan fingerprint density at radius 3 is 2.45 bits per heavy atom. The van der Waals surface area contributed by atoms with Crippen LogP contribution in [0.4, 0.5) is 18.9 Å². The predicted molar refractivity (Wildman–Crippen MR) is 119 cm³/mol. The first-order chi connectivity index (χ1) is 15.6. The molecule has 2 unspecified atom stereocenters. The maximum absolute atomic E-state index is 15.0. The zero-order chi connectivity index (χ0) is 24.3. The molecule has 2 atom stereocenters. The van der Waals surface area contributed by atoms with Crippen LogP contribution in [-0.2, 0) is 9.09 Å². The Morgan fingerprint density at radius 2 is 1.88 bits per heavy atom. The SMILES string of the molecule is CCC(CC)n1cc(C(O)C(F)(F)O[P+](=O)O)c(=O)c2cc(F)c(NC3CCCCC3)cc21. The van der Waals surface area contributed by atoms with Gasteiger partial charge in [0.15, 0.2) is 11.5 Å². The summed E-state index contributed by atoms with van der Waals surface area (Å²) in [6, 6.07) is 2.38. The van der Waals surface area contributed by atoms with Gasteiger partial charge in [0.1, 0.15) is 5.82 Å². The van der Waals surface area contributed by atoms with Crippen molar-refractivity contribution in [2.75, 3.05) is 5.32 Å². The lowest BCUT2D eigenvalue weighted by molar-refractivity contribution is -0.243. The summed E-state index contributed by atoms with van der Waals surface area (Å²) in [5.41, 5.74) is -1.17. The van der Waals surface area contributed by atoms with Crippen molar-refractivity contribution in [3.8, 4) is 0 Å². The maximum atomic E-state index is 15.0. The number of benzene rings is 1. The molecule has 1 saturated carbocycles. The normalized spacial score (nSPS) is 16.9. The molecule has 33 heavy (non-hydrogen) atoms. The third kappa shape index (κ3) is 5.57. The van der Waals surface area contributed by atoms with Crippen LogP contribution in [0, 0.1) is 5.82 Å². The summed E-state index contributed by atoms with van der Waals surface area (Å²) in [4.78, 5) is 21.7. The van der Waals surface area contributed by atoms with E-state index < -0.39 is 37.3 Å². The van der Waals surface area contributed by atoms with Gasteiger partial charge in [-0.15, -0.1) is 4.89 Å². The van der Waals surface area contributed by atoms with Crippen molar-refractivity contribution in [1.29, 1.82) is 0 Å². The third-order valence-electron chi connectivity index (χ3n) is 6.26. The molecule has 7 nitrogen and oxygen atoms in total. The van der Waals surface area contributed by atoms with Gasteiger partial charge in [-0.25, -0.2) is 4.39 Å². The fourth-order valence-electron chi connectivity index (χ4n) is 4.48. The quantitative estimate of drug-likeness (QED) is 0.400. The molecule has 3 rings (SSSR count). The van der Waals surface area contributed by atoms with Gasteiger partial charge in [-0.05, 0) is 42.3 Å². The molecule has 11 heteroatoms. The van der Waals surface area contributed by atoms with Gasteiger partial charge in [0.05, 0.1) is 16.8 Å². The van der Waals surface area contributed by atoms with Gasteiger partial charge in [0.2, 0.25) is 0 Å². The number of hydrogen-bond donors (Lipinski definition) is 3. The average molecular weight is 489 g/mol. The second kappa shape index (κ2) is 10.5. The molecule has 1 aliphatic rings. The first-order valence-electron chi connectivity index (χ1n) is 11.1. The van der Waals surface area contributed by atoms with Gasteiger partial charge >= 0.3 is 14.4 Å². The van der Waals surface area contributed by atoms with E-state index in [0.29, 0.717) is 18.4 Å². The summed E-state index contributed by atoms with van der Waals surface area (Å²) in [5, 5.41) is 13.2. The lowest BCUT2D eigenvalue weighted by Gasteiger charge is -2.26. The zero-order valence-corrected chi connectivity index (χ0v) is 19.5. The van der Waals surface area contributed by atoms with Crippen molar-refractivity contribution >= 4 is 24.8 Å². The summed E-state index contributed by atoms with van der Waals surface area (Å²) in [6.45, 7) is 3.76. The number of rotatable bonds is 9. The molecule has 2 aromatic rings. The van der Waals surface area contributed by atoms with Crippen LogP contribution in [0.5, 0.6) is 0 Å². The van der Waals surface area contributed by atoms with E-state index in [4.69, 9.17) is 4.89 Å². The number of aliphatic hydroxyl groups excluding tert-OH is 1. The third-order valence-corrected chi connectivity index (χ3v) is 6.66. The first-order valence-corrected chi connectivity index (χ1v) is 12.3. The first kappa shape index (κ1) is 25.6. The smallest absolute Gasteiger partial charge is 0.380 e. The molecule has 0 spiro atoms. The van der Waals surface area contributed by atoms with Crippen molar-refractivity contribution in [3.63, 3.8) is 0 Å². The Morgan fingerprint density at radius 1 is 1.24 bits per heavy atom. The van der Waals surface area contributed by atoms with Gasteiger partial charge in [-0.3, -0.25) is 4.79 Å². The van der Waals surface area contributed by atoms with Crippen molar-refractivity contribution in [2.24, 2.45) is 0 Å². The van der Waals surface area contributed by atoms with Gasteiger partial charge in [-0.2, -0.15) is 8.78 Å². The lowest BCUT2D eigenvalue weighted by atomic mass is 9.95. The van der Waals surface area contributed by atoms with E-state index in [-0.39, 0.29) is 23.2 Å². The minimum Gasteiger partial charge on any atom is -0.380 e. The Bertz CT molecular complexity index is 1070. The van der Waals surface area contributed by atoms with Crippen LogP contribution in [0.2, 0.25) is 0 Å². The summed E-state index contributed by atoms with van der Waals surface area (Å²) in [5.74, 6) is -0.700. The molecule has 0 radical (unpaired) electrons. The molecule has 0 saturated heterocycles. The molecule has 0 aliphatic heterocycles. The van der Waals surface area contributed by atoms with Crippen LogP contribution < -0.4 is 10.7 Å². The van der Waals surface area contributed by atoms with E-state index in [0.717, 1.165) is 44.4 Å². The molecule has 1 aromatic carbocycles. The van der Waals surface area contributed by atoms with Gasteiger partial charge in [0, 0.05) is 28.2 Å². The van der Waals surface area contributed by atoms with E-state index in [1.165, 1.54) is 6.07 Å². The van der Waals surface area contributed by atoms with Gasteiger partial charge in [0.25, 0.3) is 0 Å². The highest BCUT2D eigenvalue weighted by molar-refractivity contribution is 7.32. The number of alkyl halides is 2. The van der Waals surface area contributed by atoms with Crippen molar-refractivity contribution in [2.45, 2.75) is 83.1 Å². The standard InChI is InChI=1S/C22H28F3N2O5P/c1-3-14(4-2)27-12-16(21(29)22(24,25)32-33(30)31)20(28)15-10-17(23)18(11-19(15)27)26-13-8-6-5-7-9-13/h10-14,21,29H,3-9H2,1-2H3,(H-,26,28,30,31)/p+1. The predicted octanol–water partition coefficient (Wildman–Crippen LogP) is 5.54. The minimum atomic E-state index is -4.50. The van der Waals surface area contributed by atoms with Gasteiger partial charge < -0.3 is 15.0 Å². The fraction of sp³-hybridized carbons (Fsp3) is 0.591. The number of hydrogen-bond acceptors (Lipinski definition) is 5. The van der Waals surface area contributed by atoms with Crippen molar-refractivity contribution < 1.29 is 32.3 Å². The number of anilines is 1. The average Bonchev–Trinajstić information content (AvgIpc) is 2.76. The highest BCUT2D eigenvalue weighted by Crippen LogP contribution is 2.39. The molecule has 1 heterocycles. The lowest BCUT2D eigenvalue weighted by Crippen LogP contribution is -2.32. The second-order valence-corrected chi connectivity index (χ2v) is 9.07. The molecule has 1 fully saturated rings. The number of nitrogens with one attached hydrogen (secondary N) is 1. The van der Waals surface area contributed by atoms with Crippen molar-refractivity contribution in [3.05, 3.63) is 39.9 Å². The Hall–Kier alpha value is -2.00. The number of halogens is 3. The molecule has 1 aromatic heterocycles. The van der Waals surface area contributed by atoms with Crippen molar-refractivity contribution in [1.82, 2.24) is 4.57 Å². The Labute approximate surface area is 190 Å². The summed E-state index contributed by atoms with van der Waals surface area (Å²) < 4.78 is 59.3. The van der Waals surface area contributed by atoms with E-state index >= 15 is 0 Å². The molecule has 0 bridgehead atoms.